The van der Waals surface area contributed by atoms with Crippen LogP contribution in [0.3, 0.4) is 0 Å². The van der Waals surface area contributed by atoms with Crippen LogP contribution in [0.5, 0.6) is 0 Å². The van der Waals surface area contributed by atoms with E-state index in [1.54, 1.807) is 30.3 Å². The van der Waals surface area contributed by atoms with E-state index in [0.29, 0.717) is 16.7 Å². The number of allylic oxidation sites excluding steroid dienone is 2. The molecule has 0 aliphatic rings. The summed E-state index contributed by atoms with van der Waals surface area (Å²) in [6, 6.07) is 25.8. The van der Waals surface area contributed by atoms with Crippen LogP contribution in [0.25, 0.3) is 5.57 Å². The number of hydrogen-bond donors (Lipinski definition) is 0. The second kappa shape index (κ2) is 8.54. The molecule has 0 saturated carbocycles. The van der Waals surface area contributed by atoms with Crippen molar-refractivity contribution in [3.05, 3.63) is 112 Å². The lowest BCUT2D eigenvalue weighted by atomic mass is 9.95. The lowest BCUT2D eigenvalue weighted by Gasteiger charge is -2.08. The first kappa shape index (κ1) is 18.0. The number of rotatable bonds is 6. The van der Waals surface area contributed by atoms with Gasteiger partial charge in [-0.25, -0.2) is 0 Å². The van der Waals surface area contributed by atoms with Gasteiger partial charge in [0.25, 0.3) is 0 Å². The first-order valence-electron chi connectivity index (χ1n) is 8.27. The van der Waals surface area contributed by atoms with Gasteiger partial charge in [-0.2, -0.15) is 0 Å². The van der Waals surface area contributed by atoms with Crippen LogP contribution in [-0.4, -0.2) is 11.6 Å². The number of ketones is 2. The fraction of sp³-hybridized carbons (Fsp3) is 0.0435. The van der Waals surface area contributed by atoms with Crippen molar-refractivity contribution in [3.8, 4) is 0 Å². The number of carbonyl (C=O) groups is 2. The second-order valence-corrected chi connectivity index (χ2v) is 6.79. The van der Waals surface area contributed by atoms with Crippen molar-refractivity contribution in [1.29, 1.82) is 0 Å². The van der Waals surface area contributed by atoms with E-state index in [1.807, 2.05) is 60.7 Å². The van der Waals surface area contributed by atoms with Gasteiger partial charge in [0.05, 0.1) is 0 Å². The van der Waals surface area contributed by atoms with E-state index >= 15 is 0 Å². The minimum Gasteiger partial charge on any atom is -0.294 e. The highest BCUT2D eigenvalue weighted by Crippen LogP contribution is 2.23. The zero-order valence-electron chi connectivity index (χ0n) is 14.1. The van der Waals surface area contributed by atoms with Crippen LogP contribution in [0.15, 0.2) is 95.5 Å². The van der Waals surface area contributed by atoms with Crippen LogP contribution in [0.4, 0.5) is 0 Å². The lowest BCUT2D eigenvalue weighted by molar-refractivity contribution is 0.0998. The Labute approximate surface area is 161 Å². The summed E-state index contributed by atoms with van der Waals surface area (Å²) < 4.78 is 0.948. The van der Waals surface area contributed by atoms with Gasteiger partial charge in [-0.15, -0.1) is 0 Å². The predicted molar refractivity (Wildman–Crippen MR) is 108 cm³/mol. The fourth-order valence-corrected chi connectivity index (χ4v) is 2.91. The number of halogens is 1. The highest BCUT2D eigenvalue weighted by molar-refractivity contribution is 9.10. The Morgan fingerprint density at radius 2 is 1.23 bits per heavy atom. The number of hydrogen-bond acceptors (Lipinski definition) is 2. The zero-order chi connectivity index (χ0) is 18.4. The molecule has 2 nitrogen and oxygen atoms in total. The van der Waals surface area contributed by atoms with E-state index in [9.17, 15) is 9.59 Å². The third kappa shape index (κ3) is 4.64. The molecule has 3 aromatic carbocycles. The maximum atomic E-state index is 12.7. The molecule has 128 valence electrons. The summed E-state index contributed by atoms with van der Waals surface area (Å²) in [7, 11) is 0. The first-order chi connectivity index (χ1) is 12.6. The normalized spacial score (nSPS) is 11.2. The quantitative estimate of drug-likeness (QED) is 0.373. The average molecular weight is 405 g/mol. The summed E-state index contributed by atoms with van der Waals surface area (Å²) in [6.07, 6.45) is 1.74. The Bertz CT molecular complexity index is 927. The van der Waals surface area contributed by atoms with Gasteiger partial charge >= 0.3 is 0 Å². The third-order valence-corrected chi connectivity index (χ3v) is 4.55. The first-order valence-corrected chi connectivity index (χ1v) is 9.07. The molecule has 0 aromatic heterocycles. The van der Waals surface area contributed by atoms with Gasteiger partial charge < -0.3 is 0 Å². The molecule has 0 bridgehead atoms. The molecule has 3 aromatic rings. The highest BCUT2D eigenvalue weighted by Gasteiger charge is 2.13. The van der Waals surface area contributed by atoms with E-state index in [0.717, 1.165) is 10.0 Å². The molecule has 0 unspecified atom stereocenters. The average Bonchev–Trinajstić information content (AvgIpc) is 2.69. The maximum absolute atomic E-state index is 12.7. The maximum Gasteiger partial charge on any atom is 0.186 e. The number of carbonyl (C=O) groups excluding carboxylic acids is 2. The Hall–Kier alpha value is -2.78. The molecule has 0 fully saturated rings. The van der Waals surface area contributed by atoms with Gasteiger partial charge in [0.1, 0.15) is 0 Å². The summed E-state index contributed by atoms with van der Waals surface area (Å²) in [5, 5.41) is 0. The second-order valence-electron chi connectivity index (χ2n) is 5.87. The molecule has 3 heteroatoms. The van der Waals surface area contributed by atoms with Gasteiger partial charge in [0, 0.05) is 22.0 Å². The predicted octanol–water partition coefficient (Wildman–Crippen LogP) is 5.99. The van der Waals surface area contributed by atoms with Crippen molar-refractivity contribution < 1.29 is 9.59 Å². The molecule has 26 heavy (non-hydrogen) atoms. The molecule has 0 saturated heterocycles. The van der Waals surface area contributed by atoms with E-state index in [-0.39, 0.29) is 18.0 Å². The topological polar surface area (TPSA) is 34.1 Å². The summed E-state index contributed by atoms with van der Waals surface area (Å²) in [5.74, 6) is -0.120. The monoisotopic (exact) mass is 404 g/mol. The Morgan fingerprint density at radius 1 is 0.692 bits per heavy atom. The number of benzene rings is 3. The molecule has 0 atom stereocenters. The van der Waals surface area contributed by atoms with Crippen LogP contribution < -0.4 is 0 Å². The van der Waals surface area contributed by atoms with Crippen LogP contribution in [0, 0.1) is 0 Å². The summed E-state index contributed by atoms with van der Waals surface area (Å²) in [6.45, 7) is 0. The molecular weight excluding hydrogens is 388 g/mol. The van der Waals surface area contributed by atoms with Crippen LogP contribution in [0.1, 0.15) is 32.7 Å². The summed E-state index contributed by atoms with van der Waals surface area (Å²) in [5.41, 5.74) is 2.82. The SMILES string of the molecule is O=C(C=C(CC(=O)c1ccccc1)c1ccc(Br)cc1)c1ccccc1. The minimum atomic E-state index is -0.107. The minimum absolute atomic E-state index is 0.0133. The van der Waals surface area contributed by atoms with Gasteiger partial charge in [-0.05, 0) is 29.3 Å². The summed E-state index contributed by atoms with van der Waals surface area (Å²) in [4.78, 5) is 25.3. The van der Waals surface area contributed by atoms with E-state index in [4.69, 9.17) is 0 Å². The fourth-order valence-electron chi connectivity index (χ4n) is 2.64. The van der Waals surface area contributed by atoms with Crippen molar-refractivity contribution in [1.82, 2.24) is 0 Å². The molecule has 0 radical (unpaired) electrons. The van der Waals surface area contributed by atoms with Gasteiger partial charge in [-0.1, -0.05) is 88.7 Å². The molecule has 0 heterocycles. The molecule has 0 aliphatic carbocycles. The molecule has 0 amide bonds. The van der Waals surface area contributed by atoms with Crippen molar-refractivity contribution in [2.75, 3.05) is 0 Å². The Kier molecular flexibility index (Phi) is 5.92. The van der Waals surface area contributed by atoms with Crippen molar-refractivity contribution in [2.45, 2.75) is 6.42 Å². The van der Waals surface area contributed by atoms with Gasteiger partial charge in [0.15, 0.2) is 11.6 Å². The van der Waals surface area contributed by atoms with E-state index < -0.39 is 0 Å². The van der Waals surface area contributed by atoms with Gasteiger partial charge in [-0.3, -0.25) is 9.59 Å². The van der Waals surface area contributed by atoms with Crippen LogP contribution >= 0.6 is 15.9 Å². The van der Waals surface area contributed by atoms with Crippen molar-refractivity contribution in [2.24, 2.45) is 0 Å². The Morgan fingerprint density at radius 3 is 1.81 bits per heavy atom. The Balaban J connectivity index is 1.94. The van der Waals surface area contributed by atoms with Crippen LogP contribution in [0.2, 0.25) is 0 Å². The highest BCUT2D eigenvalue weighted by atomic mass is 79.9. The standard InChI is InChI=1S/C23H17BrO2/c24-21-13-11-17(12-14-21)20(15-22(25)18-7-3-1-4-8-18)16-23(26)19-9-5-2-6-10-19/h1-15H,16H2. The molecule has 0 N–H and O–H groups in total. The van der Waals surface area contributed by atoms with Crippen LogP contribution in [-0.2, 0) is 0 Å². The zero-order valence-corrected chi connectivity index (χ0v) is 15.6. The van der Waals surface area contributed by atoms with E-state index in [1.165, 1.54) is 0 Å². The van der Waals surface area contributed by atoms with E-state index in [2.05, 4.69) is 15.9 Å². The third-order valence-electron chi connectivity index (χ3n) is 4.03. The van der Waals surface area contributed by atoms with Gasteiger partial charge in [0.2, 0.25) is 0 Å². The van der Waals surface area contributed by atoms with Crippen molar-refractivity contribution in [3.63, 3.8) is 0 Å². The number of Topliss-reactive ketones (excluding diaryl/α,β-unsaturated/α-hetero) is 1. The molecular formula is C23H17BrO2. The molecule has 3 rings (SSSR count). The summed E-state index contributed by atoms with van der Waals surface area (Å²) >= 11 is 3.42. The largest absolute Gasteiger partial charge is 0.294 e. The van der Waals surface area contributed by atoms with Crippen molar-refractivity contribution >= 4 is 33.1 Å². The lowest BCUT2D eigenvalue weighted by Crippen LogP contribution is -2.03. The molecule has 0 aliphatic heterocycles. The smallest absolute Gasteiger partial charge is 0.186 e. The molecule has 0 spiro atoms.